The number of ether oxygens (including phenoxy) is 1. The first-order chi connectivity index (χ1) is 14.8. The Morgan fingerprint density at radius 2 is 1.97 bits per heavy atom. The molecular weight excluding hydrogens is 434 g/mol. The second-order valence-corrected chi connectivity index (χ2v) is 10.6. The van der Waals surface area contributed by atoms with Crippen LogP contribution in [0, 0.1) is 12.8 Å². The zero-order valence-electron chi connectivity index (χ0n) is 17.3. The molecule has 1 aromatic heterocycles. The van der Waals surface area contributed by atoms with Crippen LogP contribution in [0.5, 0.6) is 11.5 Å². The van der Waals surface area contributed by atoms with Gasteiger partial charge in [-0.25, -0.2) is 13.4 Å². The van der Waals surface area contributed by atoms with Gasteiger partial charge in [0.25, 0.3) is 0 Å². The van der Waals surface area contributed by atoms with E-state index in [1.807, 2.05) is 25.1 Å². The van der Waals surface area contributed by atoms with Gasteiger partial charge in [0.05, 0.1) is 4.90 Å². The number of nitrogens with one attached hydrogen (secondary N) is 1. The normalized spacial score (nSPS) is 16.5. The maximum atomic E-state index is 11.7. The molecule has 1 unspecified atom stereocenters. The summed E-state index contributed by atoms with van der Waals surface area (Å²) in [4.78, 5) is 16.3. The Morgan fingerprint density at radius 3 is 2.58 bits per heavy atom. The summed E-state index contributed by atoms with van der Waals surface area (Å²) in [6, 6.07) is 12.2. The maximum Gasteiger partial charge on any atom is 0.207 e. The van der Waals surface area contributed by atoms with E-state index in [0.717, 1.165) is 29.9 Å². The number of ketones is 1. The minimum Gasteiger partial charge on any atom is -0.457 e. The predicted molar refractivity (Wildman–Crippen MR) is 120 cm³/mol. The van der Waals surface area contributed by atoms with Crippen molar-refractivity contribution >= 4 is 38.0 Å². The van der Waals surface area contributed by atoms with Crippen molar-refractivity contribution in [1.82, 2.24) is 9.36 Å². The first-order valence-corrected chi connectivity index (χ1v) is 12.6. The summed E-state index contributed by atoms with van der Waals surface area (Å²) in [6.45, 7) is 1.84. The zero-order valence-corrected chi connectivity index (χ0v) is 18.9. The Bertz CT molecular complexity index is 1200. The molecule has 0 amide bonds. The Hall–Kier alpha value is -2.78. The van der Waals surface area contributed by atoms with Gasteiger partial charge in [0.15, 0.2) is 9.84 Å². The number of aryl methyl sites for hydroxylation is 1. The van der Waals surface area contributed by atoms with Crippen molar-refractivity contribution in [2.45, 2.75) is 37.5 Å². The van der Waals surface area contributed by atoms with E-state index in [9.17, 15) is 13.2 Å². The summed E-state index contributed by atoms with van der Waals surface area (Å²) >= 11 is 1.30. The highest BCUT2D eigenvalue weighted by Gasteiger charge is 2.24. The highest BCUT2D eigenvalue weighted by atomic mass is 32.2. The number of nitrogens with zero attached hydrogens (tertiary/aromatic N) is 2. The van der Waals surface area contributed by atoms with Crippen molar-refractivity contribution in [3.63, 3.8) is 0 Å². The van der Waals surface area contributed by atoms with Gasteiger partial charge in [-0.05, 0) is 73.7 Å². The number of carbonyl (C=O) groups is 1. The zero-order chi connectivity index (χ0) is 22.0. The van der Waals surface area contributed by atoms with E-state index in [1.165, 1.54) is 29.9 Å². The van der Waals surface area contributed by atoms with Crippen LogP contribution in [0.4, 0.5) is 10.8 Å². The highest BCUT2D eigenvalue weighted by Crippen LogP contribution is 2.34. The molecule has 31 heavy (non-hydrogen) atoms. The van der Waals surface area contributed by atoms with Gasteiger partial charge in [0.1, 0.15) is 23.1 Å². The van der Waals surface area contributed by atoms with Crippen molar-refractivity contribution in [3.05, 3.63) is 53.9 Å². The van der Waals surface area contributed by atoms with Crippen LogP contribution in [-0.4, -0.2) is 29.8 Å². The Kier molecular flexibility index (Phi) is 6.06. The number of hydrogen-bond donors (Lipinski definition) is 1. The molecule has 1 aliphatic rings. The van der Waals surface area contributed by atoms with Crippen LogP contribution >= 0.6 is 11.5 Å². The number of Topliss-reactive ketones (excluding diaryl/α,β-unsaturated/α-hetero) is 1. The van der Waals surface area contributed by atoms with E-state index in [-0.39, 0.29) is 4.90 Å². The molecule has 1 N–H and O–H groups in total. The van der Waals surface area contributed by atoms with Crippen molar-refractivity contribution < 1.29 is 17.9 Å². The quantitative estimate of drug-likeness (QED) is 0.549. The lowest BCUT2D eigenvalue weighted by atomic mass is 9.97. The summed E-state index contributed by atoms with van der Waals surface area (Å²) in [6.07, 6.45) is 4.02. The average Bonchev–Trinajstić information content (AvgIpc) is 3.31. The number of carbonyl (C=O) groups excluding carboxylic acids is 1. The highest BCUT2D eigenvalue weighted by molar-refractivity contribution is 7.90. The monoisotopic (exact) mass is 457 g/mol. The van der Waals surface area contributed by atoms with Crippen molar-refractivity contribution in [3.8, 4) is 11.5 Å². The molecule has 1 saturated carbocycles. The summed E-state index contributed by atoms with van der Waals surface area (Å²) in [5.41, 5.74) is 1.85. The standard InChI is InChI=1S/C22H23N3O4S2/c1-14-23-22(30-25-14)24-17-4-10-21(16(13-17)11-15-3-5-18(26)12-15)29-19-6-8-20(9-7-19)31(2,27)28/h4,6-10,13,15H,3,5,11-12H2,1-2H3,(H,23,24,25). The van der Waals surface area contributed by atoms with Gasteiger partial charge in [0.2, 0.25) is 5.13 Å². The van der Waals surface area contributed by atoms with Gasteiger partial charge in [-0.3, -0.25) is 4.79 Å². The fraction of sp³-hybridized carbons (Fsp3) is 0.318. The molecule has 4 rings (SSSR count). The van der Waals surface area contributed by atoms with Crippen molar-refractivity contribution in [1.29, 1.82) is 0 Å². The molecule has 0 aliphatic heterocycles. The second kappa shape index (κ2) is 8.76. The van der Waals surface area contributed by atoms with Crippen LogP contribution in [0.1, 0.15) is 30.7 Å². The molecule has 7 nitrogen and oxygen atoms in total. The molecule has 1 aliphatic carbocycles. The van der Waals surface area contributed by atoms with Crippen LogP contribution in [0.2, 0.25) is 0 Å². The van der Waals surface area contributed by atoms with Crippen LogP contribution in [-0.2, 0) is 21.1 Å². The van der Waals surface area contributed by atoms with E-state index < -0.39 is 9.84 Å². The van der Waals surface area contributed by atoms with Gasteiger partial charge >= 0.3 is 0 Å². The first kappa shape index (κ1) is 21.5. The van der Waals surface area contributed by atoms with E-state index in [2.05, 4.69) is 14.7 Å². The molecule has 1 fully saturated rings. The smallest absolute Gasteiger partial charge is 0.207 e. The molecule has 0 radical (unpaired) electrons. The fourth-order valence-electron chi connectivity index (χ4n) is 3.65. The molecule has 2 aromatic carbocycles. The van der Waals surface area contributed by atoms with Crippen LogP contribution in [0.3, 0.4) is 0 Å². The van der Waals surface area contributed by atoms with Gasteiger partial charge in [0, 0.05) is 36.3 Å². The molecule has 3 aromatic rings. The fourth-order valence-corrected chi connectivity index (χ4v) is 4.87. The lowest BCUT2D eigenvalue weighted by molar-refractivity contribution is -0.117. The van der Waals surface area contributed by atoms with Crippen molar-refractivity contribution in [2.75, 3.05) is 11.6 Å². The summed E-state index contributed by atoms with van der Waals surface area (Å²) in [5, 5.41) is 3.98. The topological polar surface area (TPSA) is 98.3 Å². The molecular formula is C22H23N3O4S2. The van der Waals surface area contributed by atoms with Gasteiger partial charge in [-0.1, -0.05) is 0 Å². The van der Waals surface area contributed by atoms with E-state index in [4.69, 9.17) is 4.74 Å². The maximum absolute atomic E-state index is 11.7. The van der Waals surface area contributed by atoms with Crippen molar-refractivity contribution in [2.24, 2.45) is 5.92 Å². The predicted octanol–water partition coefficient (Wildman–Crippen LogP) is 4.70. The molecule has 0 saturated heterocycles. The number of benzene rings is 2. The molecule has 1 heterocycles. The molecule has 162 valence electrons. The second-order valence-electron chi connectivity index (χ2n) is 7.79. The minimum atomic E-state index is -3.26. The Labute approximate surface area is 185 Å². The summed E-state index contributed by atoms with van der Waals surface area (Å²) in [7, 11) is -3.26. The first-order valence-electron chi connectivity index (χ1n) is 9.96. The van der Waals surface area contributed by atoms with E-state index >= 15 is 0 Å². The molecule has 9 heteroatoms. The lowest BCUT2D eigenvalue weighted by Gasteiger charge is -2.16. The Balaban J connectivity index is 1.59. The summed E-state index contributed by atoms with van der Waals surface area (Å²) in [5.74, 6) is 2.56. The number of sulfone groups is 1. The largest absolute Gasteiger partial charge is 0.457 e. The molecule has 1 atom stereocenters. The van der Waals surface area contributed by atoms with Crippen LogP contribution in [0.25, 0.3) is 0 Å². The van der Waals surface area contributed by atoms with Gasteiger partial charge in [-0.15, -0.1) is 0 Å². The third-order valence-corrected chi connectivity index (χ3v) is 7.03. The average molecular weight is 458 g/mol. The molecule has 0 bridgehead atoms. The SMILES string of the molecule is Cc1nsc(Nc2ccc(Oc3ccc(S(C)(=O)=O)cc3)c(CC3CCC(=O)C3)c2)n1. The van der Waals surface area contributed by atoms with E-state index in [1.54, 1.807) is 12.1 Å². The van der Waals surface area contributed by atoms with Crippen LogP contribution < -0.4 is 10.1 Å². The number of rotatable bonds is 7. The Morgan fingerprint density at radius 1 is 1.19 bits per heavy atom. The van der Waals surface area contributed by atoms with E-state index in [0.29, 0.717) is 41.2 Å². The number of aromatic nitrogens is 2. The minimum absolute atomic E-state index is 0.247. The van der Waals surface area contributed by atoms with Gasteiger partial charge < -0.3 is 10.1 Å². The molecule has 0 spiro atoms. The van der Waals surface area contributed by atoms with Crippen LogP contribution in [0.15, 0.2) is 47.4 Å². The number of hydrogen-bond acceptors (Lipinski definition) is 8. The lowest BCUT2D eigenvalue weighted by Crippen LogP contribution is -2.03. The van der Waals surface area contributed by atoms with Gasteiger partial charge in [-0.2, -0.15) is 4.37 Å². The third kappa shape index (κ3) is 5.48. The third-order valence-electron chi connectivity index (χ3n) is 5.18. The summed E-state index contributed by atoms with van der Waals surface area (Å²) < 4.78 is 33.6. The number of anilines is 2.